The van der Waals surface area contributed by atoms with Gasteiger partial charge in [0.1, 0.15) is 0 Å². The van der Waals surface area contributed by atoms with E-state index in [-0.39, 0.29) is 0 Å². The Bertz CT molecular complexity index is 884. The standard InChI is InChI=1S/C16H11N5/c1-2-4-12(5-3-1)14-8-11-18-16-19-15(20-21(14)16)13-6-9-17-10-7-13/h1-11H. The average molecular weight is 273 g/mol. The normalized spacial score (nSPS) is 10.9. The third-order valence-electron chi connectivity index (χ3n) is 3.25. The lowest BCUT2D eigenvalue weighted by molar-refractivity contribution is 0.951. The van der Waals surface area contributed by atoms with Gasteiger partial charge in [0.05, 0.1) is 5.69 Å². The highest BCUT2D eigenvalue weighted by Crippen LogP contribution is 2.21. The molecule has 0 amide bonds. The zero-order valence-corrected chi connectivity index (χ0v) is 11.1. The van der Waals surface area contributed by atoms with Crippen molar-refractivity contribution in [2.75, 3.05) is 0 Å². The molecule has 0 aliphatic heterocycles. The molecular weight excluding hydrogens is 262 g/mol. The Labute approximate surface area is 121 Å². The first-order valence-corrected chi connectivity index (χ1v) is 6.59. The maximum absolute atomic E-state index is 4.57. The van der Waals surface area contributed by atoms with E-state index in [0.717, 1.165) is 16.8 Å². The SMILES string of the molecule is c1ccc(-c2ccnc3nc(-c4ccncc4)nn23)cc1. The summed E-state index contributed by atoms with van der Waals surface area (Å²) in [5, 5.41) is 4.57. The second-order valence-electron chi connectivity index (χ2n) is 4.58. The van der Waals surface area contributed by atoms with Gasteiger partial charge in [0, 0.05) is 29.7 Å². The molecule has 3 aromatic heterocycles. The van der Waals surface area contributed by atoms with Gasteiger partial charge in [-0.05, 0) is 18.2 Å². The summed E-state index contributed by atoms with van der Waals surface area (Å²) >= 11 is 0. The maximum atomic E-state index is 4.57. The van der Waals surface area contributed by atoms with Gasteiger partial charge in [0.15, 0.2) is 5.82 Å². The lowest BCUT2D eigenvalue weighted by atomic mass is 10.1. The molecule has 0 saturated heterocycles. The van der Waals surface area contributed by atoms with Crippen molar-refractivity contribution in [3.8, 4) is 22.6 Å². The van der Waals surface area contributed by atoms with Gasteiger partial charge in [-0.25, -0.2) is 4.98 Å². The molecule has 4 aromatic rings. The van der Waals surface area contributed by atoms with Crippen LogP contribution in [0.25, 0.3) is 28.4 Å². The monoisotopic (exact) mass is 273 g/mol. The molecule has 4 rings (SSSR count). The van der Waals surface area contributed by atoms with Crippen molar-refractivity contribution in [3.05, 3.63) is 67.1 Å². The average Bonchev–Trinajstić information content (AvgIpc) is 3.00. The minimum Gasteiger partial charge on any atom is -0.265 e. The van der Waals surface area contributed by atoms with Crippen molar-refractivity contribution in [1.82, 2.24) is 24.6 Å². The van der Waals surface area contributed by atoms with E-state index in [1.807, 2.05) is 48.5 Å². The van der Waals surface area contributed by atoms with Gasteiger partial charge in [-0.3, -0.25) is 4.98 Å². The zero-order valence-electron chi connectivity index (χ0n) is 11.1. The molecule has 5 heteroatoms. The third kappa shape index (κ3) is 2.04. The highest BCUT2D eigenvalue weighted by molar-refractivity contribution is 5.63. The third-order valence-corrected chi connectivity index (χ3v) is 3.25. The van der Waals surface area contributed by atoms with Crippen LogP contribution in [0.4, 0.5) is 0 Å². The Morgan fingerprint density at radius 2 is 1.57 bits per heavy atom. The van der Waals surface area contributed by atoms with Crippen LogP contribution in [0.15, 0.2) is 67.1 Å². The molecule has 21 heavy (non-hydrogen) atoms. The number of fused-ring (bicyclic) bond motifs is 1. The first-order chi connectivity index (χ1) is 10.4. The van der Waals surface area contributed by atoms with Crippen molar-refractivity contribution in [2.45, 2.75) is 0 Å². The van der Waals surface area contributed by atoms with Crippen LogP contribution in [0.1, 0.15) is 0 Å². The van der Waals surface area contributed by atoms with E-state index in [1.165, 1.54) is 0 Å². The summed E-state index contributed by atoms with van der Waals surface area (Å²) in [6.07, 6.45) is 5.21. The van der Waals surface area contributed by atoms with E-state index < -0.39 is 0 Å². The van der Waals surface area contributed by atoms with Crippen LogP contribution in [0.3, 0.4) is 0 Å². The Hall–Kier alpha value is -3.08. The summed E-state index contributed by atoms with van der Waals surface area (Å²) in [5.74, 6) is 1.23. The predicted molar refractivity (Wildman–Crippen MR) is 79.4 cm³/mol. The first kappa shape index (κ1) is 11.7. The molecule has 0 unspecified atom stereocenters. The van der Waals surface area contributed by atoms with Crippen molar-refractivity contribution in [1.29, 1.82) is 0 Å². The van der Waals surface area contributed by atoms with Crippen molar-refractivity contribution < 1.29 is 0 Å². The number of benzene rings is 1. The number of hydrogen-bond acceptors (Lipinski definition) is 4. The second-order valence-corrected chi connectivity index (χ2v) is 4.58. The molecule has 0 N–H and O–H groups in total. The fraction of sp³-hybridized carbons (Fsp3) is 0. The van der Waals surface area contributed by atoms with Gasteiger partial charge in [-0.1, -0.05) is 30.3 Å². The number of aromatic nitrogens is 5. The molecular formula is C16H11N5. The minimum absolute atomic E-state index is 0.586. The molecule has 0 bridgehead atoms. The number of hydrogen-bond donors (Lipinski definition) is 0. The molecule has 0 spiro atoms. The van der Waals surface area contributed by atoms with Crippen molar-refractivity contribution in [2.24, 2.45) is 0 Å². The molecule has 0 saturated carbocycles. The van der Waals surface area contributed by atoms with Gasteiger partial charge in [0.25, 0.3) is 5.78 Å². The van der Waals surface area contributed by atoms with E-state index in [9.17, 15) is 0 Å². The molecule has 1 aromatic carbocycles. The van der Waals surface area contributed by atoms with E-state index in [2.05, 4.69) is 20.1 Å². The Morgan fingerprint density at radius 1 is 0.762 bits per heavy atom. The van der Waals surface area contributed by atoms with E-state index in [1.54, 1.807) is 23.1 Å². The Balaban J connectivity index is 1.93. The quantitative estimate of drug-likeness (QED) is 0.563. The lowest BCUT2D eigenvalue weighted by Crippen LogP contribution is -1.95. The predicted octanol–water partition coefficient (Wildman–Crippen LogP) is 2.85. The van der Waals surface area contributed by atoms with E-state index >= 15 is 0 Å². The molecule has 0 radical (unpaired) electrons. The highest BCUT2D eigenvalue weighted by Gasteiger charge is 2.10. The van der Waals surface area contributed by atoms with Gasteiger partial charge in [0.2, 0.25) is 0 Å². The number of nitrogens with zero attached hydrogens (tertiary/aromatic N) is 5. The largest absolute Gasteiger partial charge is 0.265 e. The molecule has 5 nitrogen and oxygen atoms in total. The molecule has 100 valence electrons. The summed E-state index contributed by atoms with van der Waals surface area (Å²) in [6.45, 7) is 0. The fourth-order valence-electron chi connectivity index (χ4n) is 2.24. The lowest BCUT2D eigenvalue weighted by Gasteiger charge is -2.02. The smallest absolute Gasteiger partial charge is 0.253 e. The number of rotatable bonds is 2. The molecule has 0 atom stereocenters. The van der Waals surface area contributed by atoms with E-state index in [4.69, 9.17) is 0 Å². The minimum atomic E-state index is 0.586. The van der Waals surface area contributed by atoms with E-state index in [0.29, 0.717) is 11.6 Å². The summed E-state index contributed by atoms with van der Waals surface area (Å²) in [4.78, 5) is 12.8. The first-order valence-electron chi connectivity index (χ1n) is 6.59. The summed E-state index contributed by atoms with van der Waals surface area (Å²) in [7, 11) is 0. The molecule has 3 heterocycles. The number of pyridine rings is 1. The zero-order chi connectivity index (χ0) is 14.1. The maximum Gasteiger partial charge on any atom is 0.253 e. The van der Waals surface area contributed by atoms with Crippen molar-refractivity contribution in [3.63, 3.8) is 0 Å². The van der Waals surface area contributed by atoms with Crippen LogP contribution >= 0.6 is 0 Å². The van der Waals surface area contributed by atoms with Gasteiger partial charge >= 0.3 is 0 Å². The van der Waals surface area contributed by atoms with Gasteiger partial charge in [-0.2, -0.15) is 9.50 Å². The van der Waals surface area contributed by atoms with Crippen molar-refractivity contribution >= 4 is 5.78 Å². The highest BCUT2D eigenvalue weighted by atomic mass is 15.3. The molecule has 0 aliphatic rings. The summed E-state index contributed by atoms with van der Waals surface area (Å²) < 4.78 is 1.77. The van der Waals surface area contributed by atoms with Crippen LogP contribution in [0.2, 0.25) is 0 Å². The van der Waals surface area contributed by atoms with Gasteiger partial charge < -0.3 is 0 Å². The van der Waals surface area contributed by atoms with Crippen LogP contribution < -0.4 is 0 Å². The second kappa shape index (κ2) is 4.79. The molecule has 0 fully saturated rings. The van der Waals surface area contributed by atoms with Crippen LogP contribution in [-0.4, -0.2) is 24.6 Å². The Morgan fingerprint density at radius 3 is 2.38 bits per heavy atom. The summed E-state index contributed by atoms with van der Waals surface area (Å²) in [6, 6.07) is 15.8. The van der Waals surface area contributed by atoms with Crippen LogP contribution in [-0.2, 0) is 0 Å². The summed E-state index contributed by atoms with van der Waals surface area (Å²) in [5.41, 5.74) is 2.97. The Kier molecular flexibility index (Phi) is 2.67. The topological polar surface area (TPSA) is 56.0 Å². The molecule has 0 aliphatic carbocycles. The van der Waals surface area contributed by atoms with Crippen LogP contribution in [0, 0.1) is 0 Å². The fourth-order valence-corrected chi connectivity index (χ4v) is 2.24. The van der Waals surface area contributed by atoms with Crippen LogP contribution in [0.5, 0.6) is 0 Å². The van der Waals surface area contributed by atoms with Gasteiger partial charge in [-0.15, -0.1) is 5.10 Å².